The molecular formula is C15H14N2OS. The highest BCUT2D eigenvalue weighted by molar-refractivity contribution is 7.82. The van der Waals surface area contributed by atoms with Gasteiger partial charge in [-0.1, -0.05) is 60.7 Å². The Morgan fingerprint density at radius 3 is 2.16 bits per heavy atom. The summed E-state index contributed by atoms with van der Waals surface area (Å²) in [5.41, 5.74) is 1.81. The van der Waals surface area contributed by atoms with Crippen LogP contribution in [0.4, 0.5) is 5.69 Å². The Kier molecular flexibility index (Phi) is 4.64. The molecule has 0 aliphatic rings. The fraction of sp³-hybridized carbons (Fsp3) is 0.0667. The smallest absolute Gasteiger partial charge is 0.283 e. The zero-order valence-electron chi connectivity index (χ0n) is 10.3. The molecule has 1 amide bonds. The topological polar surface area (TPSA) is 41.1 Å². The van der Waals surface area contributed by atoms with Crippen molar-refractivity contribution in [3.8, 4) is 0 Å². The average Bonchev–Trinajstić information content (AvgIpc) is 2.47. The van der Waals surface area contributed by atoms with Gasteiger partial charge in [-0.05, 0) is 17.7 Å². The molecule has 96 valence electrons. The van der Waals surface area contributed by atoms with E-state index in [-0.39, 0.29) is 10.9 Å². The molecule has 0 aliphatic heterocycles. The normalized spacial score (nSPS) is 9.68. The Morgan fingerprint density at radius 2 is 1.53 bits per heavy atom. The molecule has 0 spiro atoms. The van der Waals surface area contributed by atoms with Crippen LogP contribution in [0.15, 0.2) is 60.7 Å². The molecule has 0 fully saturated rings. The van der Waals surface area contributed by atoms with Crippen molar-refractivity contribution in [2.45, 2.75) is 6.54 Å². The first-order valence-corrected chi connectivity index (χ1v) is 6.34. The van der Waals surface area contributed by atoms with E-state index in [4.69, 9.17) is 12.2 Å². The highest BCUT2D eigenvalue weighted by Gasteiger charge is 2.08. The fourth-order valence-electron chi connectivity index (χ4n) is 1.57. The summed E-state index contributed by atoms with van der Waals surface area (Å²) in [6, 6.07) is 19.0. The Bertz CT molecular complexity index is 555. The Morgan fingerprint density at radius 1 is 0.947 bits per heavy atom. The largest absolute Gasteiger partial charge is 0.368 e. The lowest BCUT2D eigenvalue weighted by molar-refractivity contribution is -0.110. The minimum atomic E-state index is -0.294. The number of carbonyl (C=O) groups is 1. The second kappa shape index (κ2) is 6.66. The lowest BCUT2D eigenvalue weighted by Crippen LogP contribution is -2.33. The van der Waals surface area contributed by atoms with Gasteiger partial charge in [0.05, 0.1) is 0 Å². The summed E-state index contributed by atoms with van der Waals surface area (Å²) >= 11 is 5.05. The van der Waals surface area contributed by atoms with E-state index in [0.29, 0.717) is 6.54 Å². The second-order valence-electron chi connectivity index (χ2n) is 3.99. The van der Waals surface area contributed by atoms with Crippen molar-refractivity contribution in [2.75, 3.05) is 5.32 Å². The Labute approximate surface area is 117 Å². The van der Waals surface area contributed by atoms with Crippen LogP contribution in [0.25, 0.3) is 0 Å². The standard InChI is InChI=1S/C15H14N2OS/c18-14(17-13-9-5-2-6-10-13)15(19)16-11-12-7-3-1-4-8-12/h1-10H,11H2,(H,16,19)(H,17,18). The van der Waals surface area contributed by atoms with Crippen molar-refractivity contribution in [3.63, 3.8) is 0 Å². The van der Waals surface area contributed by atoms with Crippen molar-refractivity contribution in [3.05, 3.63) is 66.2 Å². The van der Waals surface area contributed by atoms with E-state index in [2.05, 4.69) is 10.6 Å². The molecule has 0 bridgehead atoms. The zero-order valence-corrected chi connectivity index (χ0v) is 11.1. The predicted molar refractivity (Wildman–Crippen MR) is 81.0 cm³/mol. The van der Waals surface area contributed by atoms with Gasteiger partial charge in [0, 0.05) is 12.2 Å². The van der Waals surface area contributed by atoms with Crippen LogP contribution in [0, 0.1) is 0 Å². The molecule has 0 unspecified atom stereocenters. The van der Waals surface area contributed by atoms with E-state index in [1.54, 1.807) is 0 Å². The van der Waals surface area contributed by atoms with Crippen LogP contribution in [-0.2, 0) is 11.3 Å². The minimum absolute atomic E-state index is 0.188. The van der Waals surface area contributed by atoms with Crippen LogP contribution in [0.3, 0.4) is 0 Å². The monoisotopic (exact) mass is 270 g/mol. The molecule has 0 aliphatic carbocycles. The SMILES string of the molecule is O=C(Nc1ccccc1)C(=S)NCc1ccccc1. The maximum absolute atomic E-state index is 11.8. The lowest BCUT2D eigenvalue weighted by Gasteiger charge is -2.08. The van der Waals surface area contributed by atoms with Gasteiger partial charge in [-0.3, -0.25) is 4.79 Å². The highest BCUT2D eigenvalue weighted by Crippen LogP contribution is 2.04. The minimum Gasteiger partial charge on any atom is -0.368 e. The summed E-state index contributed by atoms with van der Waals surface area (Å²) in [6.07, 6.45) is 0. The van der Waals surface area contributed by atoms with E-state index in [0.717, 1.165) is 11.3 Å². The third-order valence-corrected chi connectivity index (χ3v) is 2.86. The van der Waals surface area contributed by atoms with Gasteiger partial charge in [-0.25, -0.2) is 0 Å². The molecule has 19 heavy (non-hydrogen) atoms. The first-order chi connectivity index (χ1) is 9.25. The predicted octanol–water partition coefficient (Wildman–Crippen LogP) is 2.74. The van der Waals surface area contributed by atoms with Crippen LogP contribution in [0.2, 0.25) is 0 Å². The number of nitrogens with one attached hydrogen (secondary N) is 2. The van der Waals surface area contributed by atoms with Crippen molar-refractivity contribution < 1.29 is 4.79 Å². The summed E-state index contributed by atoms with van der Waals surface area (Å²) in [6.45, 7) is 0.544. The second-order valence-corrected chi connectivity index (χ2v) is 4.40. The molecule has 2 N–H and O–H groups in total. The van der Waals surface area contributed by atoms with Gasteiger partial charge >= 0.3 is 0 Å². The molecule has 0 saturated carbocycles. The molecule has 3 nitrogen and oxygen atoms in total. The maximum Gasteiger partial charge on any atom is 0.283 e. The molecule has 0 aromatic heterocycles. The number of anilines is 1. The lowest BCUT2D eigenvalue weighted by atomic mass is 10.2. The van der Waals surface area contributed by atoms with Gasteiger partial charge < -0.3 is 10.6 Å². The zero-order chi connectivity index (χ0) is 13.5. The first kappa shape index (κ1) is 13.2. The van der Waals surface area contributed by atoms with Crippen LogP contribution in [0.5, 0.6) is 0 Å². The van der Waals surface area contributed by atoms with Gasteiger partial charge in [0.2, 0.25) is 0 Å². The van der Waals surface area contributed by atoms with E-state index in [9.17, 15) is 4.79 Å². The number of hydrogen-bond donors (Lipinski definition) is 2. The number of benzene rings is 2. The summed E-state index contributed by atoms with van der Waals surface area (Å²) in [7, 11) is 0. The summed E-state index contributed by atoms with van der Waals surface area (Å²) in [5.74, 6) is -0.294. The summed E-state index contributed by atoms with van der Waals surface area (Å²) in [4.78, 5) is 12.0. The molecule has 2 rings (SSSR count). The van der Waals surface area contributed by atoms with Crippen LogP contribution < -0.4 is 10.6 Å². The quantitative estimate of drug-likeness (QED) is 0.843. The van der Waals surface area contributed by atoms with Crippen LogP contribution in [0.1, 0.15) is 5.56 Å². The van der Waals surface area contributed by atoms with Gasteiger partial charge in [0.25, 0.3) is 5.91 Å². The molecule has 0 saturated heterocycles. The molecule has 2 aromatic rings. The van der Waals surface area contributed by atoms with E-state index < -0.39 is 0 Å². The first-order valence-electron chi connectivity index (χ1n) is 5.94. The number of rotatable bonds is 3. The van der Waals surface area contributed by atoms with Crippen molar-refractivity contribution >= 4 is 28.8 Å². The van der Waals surface area contributed by atoms with Crippen molar-refractivity contribution in [1.82, 2.24) is 5.32 Å². The molecule has 2 aromatic carbocycles. The molecule has 0 atom stereocenters. The summed E-state index contributed by atoms with van der Waals surface area (Å²) in [5, 5.41) is 5.67. The average molecular weight is 270 g/mol. The maximum atomic E-state index is 11.8. The molecule has 0 heterocycles. The Balaban J connectivity index is 1.85. The molecular weight excluding hydrogens is 256 g/mol. The van der Waals surface area contributed by atoms with Crippen molar-refractivity contribution in [2.24, 2.45) is 0 Å². The van der Waals surface area contributed by atoms with Gasteiger partial charge in [-0.15, -0.1) is 0 Å². The third-order valence-electron chi connectivity index (χ3n) is 2.53. The van der Waals surface area contributed by atoms with Crippen LogP contribution in [-0.4, -0.2) is 10.9 Å². The molecule has 4 heteroatoms. The third kappa shape index (κ3) is 4.19. The van der Waals surface area contributed by atoms with E-state index in [1.807, 2.05) is 60.7 Å². The van der Waals surface area contributed by atoms with Crippen LogP contribution >= 0.6 is 12.2 Å². The van der Waals surface area contributed by atoms with Gasteiger partial charge in [0.15, 0.2) is 4.99 Å². The van der Waals surface area contributed by atoms with E-state index >= 15 is 0 Å². The van der Waals surface area contributed by atoms with E-state index in [1.165, 1.54) is 0 Å². The number of para-hydroxylation sites is 1. The Hall–Kier alpha value is -2.20. The number of amides is 1. The molecule has 0 radical (unpaired) electrons. The number of thiocarbonyl (C=S) groups is 1. The van der Waals surface area contributed by atoms with Crippen molar-refractivity contribution in [1.29, 1.82) is 0 Å². The highest BCUT2D eigenvalue weighted by atomic mass is 32.1. The number of carbonyl (C=O) groups excluding carboxylic acids is 1. The summed E-state index contributed by atoms with van der Waals surface area (Å²) < 4.78 is 0. The number of hydrogen-bond acceptors (Lipinski definition) is 2. The fourth-order valence-corrected chi connectivity index (χ4v) is 1.69. The van der Waals surface area contributed by atoms with Gasteiger partial charge in [-0.2, -0.15) is 0 Å². The van der Waals surface area contributed by atoms with Gasteiger partial charge in [0.1, 0.15) is 0 Å².